The second kappa shape index (κ2) is 8.18. The van der Waals surface area contributed by atoms with Crippen LogP contribution in [0.4, 0.5) is 5.69 Å². The topological polar surface area (TPSA) is 113 Å². The zero-order chi connectivity index (χ0) is 20.3. The highest BCUT2D eigenvalue weighted by molar-refractivity contribution is 5.97. The number of anilines is 1. The smallest absolute Gasteiger partial charge is 0.311 e. The Morgan fingerprint density at radius 2 is 2.11 bits per heavy atom. The van der Waals surface area contributed by atoms with Crippen molar-refractivity contribution in [3.63, 3.8) is 0 Å². The average Bonchev–Trinajstić information content (AvgIpc) is 3.20. The summed E-state index contributed by atoms with van der Waals surface area (Å²) >= 11 is 0. The van der Waals surface area contributed by atoms with Gasteiger partial charge in [-0.3, -0.25) is 19.3 Å². The van der Waals surface area contributed by atoms with E-state index in [0.717, 1.165) is 12.8 Å². The van der Waals surface area contributed by atoms with Crippen molar-refractivity contribution < 1.29 is 24.2 Å². The minimum atomic E-state index is -0.764. The van der Waals surface area contributed by atoms with Crippen LogP contribution in [0.5, 0.6) is 5.75 Å². The number of benzene rings is 1. The van der Waals surface area contributed by atoms with Crippen LogP contribution in [-0.4, -0.2) is 61.1 Å². The van der Waals surface area contributed by atoms with Gasteiger partial charge in [0.2, 0.25) is 11.8 Å². The average molecular weight is 389 g/mol. The molecule has 1 aromatic rings. The Morgan fingerprint density at radius 3 is 2.75 bits per heavy atom. The van der Waals surface area contributed by atoms with E-state index in [1.165, 1.54) is 12.0 Å². The van der Waals surface area contributed by atoms with Crippen molar-refractivity contribution in [3.8, 4) is 5.75 Å². The number of likely N-dealkylation sites (tertiary alicyclic amines) is 1. The van der Waals surface area contributed by atoms with Gasteiger partial charge in [0.05, 0.1) is 24.8 Å². The van der Waals surface area contributed by atoms with Crippen LogP contribution >= 0.6 is 0 Å². The Morgan fingerprint density at radius 1 is 1.36 bits per heavy atom. The van der Waals surface area contributed by atoms with Crippen molar-refractivity contribution >= 4 is 23.5 Å². The van der Waals surface area contributed by atoms with Crippen molar-refractivity contribution in [1.82, 2.24) is 4.90 Å². The van der Waals surface area contributed by atoms with Gasteiger partial charge in [-0.1, -0.05) is 18.6 Å². The molecule has 0 unspecified atom stereocenters. The van der Waals surface area contributed by atoms with Gasteiger partial charge in [-0.25, -0.2) is 0 Å². The van der Waals surface area contributed by atoms with Crippen LogP contribution in [0.15, 0.2) is 24.3 Å². The number of primary amides is 1. The van der Waals surface area contributed by atoms with Gasteiger partial charge in [-0.15, -0.1) is 0 Å². The molecule has 1 aliphatic heterocycles. The van der Waals surface area contributed by atoms with E-state index in [-0.39, 0.29) is 31.3 Å². The zero-order valence-electron chi connectivity index (χ0n) is 16.1. The molecule has 1 aromatic carbocycles. The fraction of sp³-hybridized carbons (Fsp3) is 0.550. The molecule has 2 amide bonds. The molecule has 3 rings (SSSR count). The maximum Gasteiger partial charge on any atom is 0.311 e. The number of fused-ring (bicyclic) bond motifs is 1. The largest absolute Gasteiger partial charge is 0.495 e. The standard InChI is InChI=1S/C20H27N3O5/c1-28-16-7-3-2-6-15(16)23(10-8-17(21)24)18(25)12-22-11-14-5-4-9-20(14,13-22)19(26)27/h2-3,6-7,14H,4-5,8-13H2,1H3,(H2,21,24)(H,26,27)/t14-,20+/m0/s1. The molecule has 1 saturated carbocycles. The van der Waals surface area contributed by atoms with Crippen LogP contribution in [0.3, 0.4) is 0 Å². The van der Waals surface area contributed by atoms with Crippen LogP contribution < -0.4 is 15.4 Å². The van der Waals surface area contributed by atoms with Crippen LogP contribution in [0, 0.1) is 11.3 Å². The Balaban J connectivity index is 1.77. The third kappa shape index (κ3) is 3.82. The van der Waals surface area contributed by atoms with E-state index in [4.69, 9.17) is 10.5 Å². The summed E-state index contributed by atoms with van der Waals surface area (Å²) in [6.45, 7) is 1.24. The van der Waals surface area contributed by atoms with Gasteiger partial charge in [-0.2, -0.15) is 0 Å². The SMILES string of the molecule is COc1ccccc1N(CCC(N)=O)C(=O)CN1C[C@@H]2CCC[C@@]2(C(=O)O)C1. The summed E-state index contributed by atoms with van der Waals surface area (Å²) in [6, 6.07) is 7.11. The third-order valence-electron chi connectivity index (χ3n) is 5.98. The predicted molar refractivity (Wildman–Crippen MR) is 103 cm³/mol. The van der Waals surface area contributed by atoms with Crippen molar-refractivity contribution in [2.45, 2.75) is 25.7 Å². The summed E-state index contributed by atoms with van der Waals surface area (Å²) in [5.41, 5.74) is 5.12. The number of aliphatic carboxylic acids is 1. The van der Waals surface area contributed by atoms with Crippen molar-refractivity contribution in [3.05, 3.63) is 24.3 Å². The molecular weight excluding hydrogens is 362 g/mol. The number of carboxylic acid groups (broad SMARTS) is 1. The summed E-state index contributed by atoms with van der Waals surface area (Å²) in [6.07, 6.45) is 2.50. The summed E-state index contributed by atoms with van der Waals surface area (Å²) in [4.78, 5) is 39.7. The first-order chi connectivity index (χ1) is 13.4. The molecular formula is C20H27N3O5. The minimum Gasteiger partial charge on any atom is -0.495 e. The maximum absolute atomic E-state index is 13.1. The fourth-order valence-electron chi connectivity index (χ4n) is 4.59. The lowest BCUT2D eigenvalue weighted by Gasteiger charge is -2.27. The van der Waals surface area contributed by atoms with Crippen LogP contribution in [0.25, 0.3) is 0 Å². The van der Waals surface area contributed by atoms with E-state index in [2.05, 4.69) is 0 Å². The quantitative estimate of drug-likeness (QED) is 0.688. The Kier molecular flexibility index (Phi) is 5.88. The molecule has 1 heterocycles. The molecule has 1 aliphatic carbocycles. The molecule has 152 valence electrons. The first-order valence-corrected chi connectivity index (χ1v) is 9.55. The van der Waals surface area contributed by atoms with E-state index >= 15 is 0 Å². The predicted octanol–water partition coefficient (Wildman–Crippen LogP) is 1.09. The monoisotopic (exact) mass is 389 g/mol. The number of hydrogen-bond donors (Lipinski definition) is 2. The number of carboxylic acids is 1. The van der Waals surface area contributed by atoms with Gasteiger partial charge in [0.25, 0.3) is 0 Å². The molecule has 8 heteroatoms. The third-order valence-corrected chi connectivity index (χ3v) is 5.98. The molecule has 28 heavy (non-hydrogen) atoms. The number of rotatable bonds is 8. The van der Waals surface area contributed by atoms with Gasteiger partial charge < -0.3 is 20.5 Å². The van der Waals surface area contributed by atoms with Crippen LogP contribution in [0.2, 0.25) is 0 Å². The minimum absolute atomic E-state index is 0.0332. The Labute approximate surface area is 164 Å². The number of hydrogen-bond acceptors (Lipinski definition) is 5. The van der Waals surface area contributed by atoms with E-state index in [0.29, 0.717) is 30.9 Å². The molecule has 2 atom stereocenters. The number of para-hydroxylation sites is 2. The first kappa shape index (κ1) is 20.1. The first-order valence-electron chi connectivity index (χ1n) is 9.55. The molecule has 0 aromatic heterocycles. The number of methoxy groups -OCH3 is 1. The van der Waals surface area contributed by atoms with E-state index < -0.39 is 17.3 Å². The van der Waals surface area contributed by atoms with Gasteiger partial charge in [0.15, 0.2) is 0 Å². The van der Waals surface area contributed by atoms with Crippen molar-refractivity contribution in [2.75, 3.05) is 38.2 Å². The summed E-state index contributed by atoms with van der Waals surface area (Å²) in [5.74, 6) is -0.844. The molecule has 0 radical (unpaired) electrons. The lowest BCUT2D eigenvalue weighted by Crippen LogP contribution is -2.42. The lowest BCUT2D eigenvalue weighted by molar-refractivity contribution is -0.149. The number of nitrogens with zero attached hydrogens (tertiary/aromatic N) is 2. The number of carbonyl (C=O) groups excluding carboxylic acids is 2. The van der Waals surface area contributed by atoms with E-state index in [1.54, 1.807) is 24.3 Å². The van der Waals surface area contributed by atoms with Gasteiger partial charge in [0.1, 0.15) is 5.75 Å². The zero-order valence-corrected chi connectivity index (χ0v) is 16.1. The van der Waals surface area contributed by atoms with Gasteiger partial charge in [0, 0.05) is 26.1 Å². The summed E-state index contributed by atoms with van der Waals surface area (Å²) in [5, 5.41) is 9.74. The molecule has 2 fully saturated rings. The van der Waals surface area contributed by atoms with Gasteiger partial charge >= 0.3 is 5.97 Å². The van der Waals surface area contributed by atoms with Crippen molar-refractivity contribution in [1.29, 1.82) is 0 Å². The highest BCUT2D eigenvalue weighted by Gasteiger charge is 2.54. The summed E-state index contributed by atoms with van der Waals surface area (Å²) in [7, 11) is 1.52. The number of ether oxygens (including phenoxy) is 1. The molecule has 8 nitrogen and oxygen atoms in total. The molecule has 2 aliphatic rings. The second-order valence-corrected chi connectivity index (χ2v) is 7.65. The Bertz CT molecular complexity index is 768. The second-order valence-electron chi connectivity index (χ2n) is 7.65. The fourth-order valence-corrected chi connectivity index (χ4v) is 4.59. The van der Waals surface area contributed by atoms with E-state index in [9.17, 15) is 19.5 Å². The maximum atomic E-state index is 13.1. The molecule has 3 N–H and O–H groups in total. The molecule has 0 bridgehead atoms. The van der Waals surface area contributed by atoms with Crippen molar-refractivity contribution in [2.24, 2.45) is 17.1 Å². The number of amides is 2. The highest BCUT2D eigenvalue weighted by atomic mass is 16.5. The van der Waals surface area contributed by atoms with E-state index in [1.807, 2.05) is 4.90 Å². The normalized spacial score (nSPS) is 24.0. The molecule has 1 saturated heterocycles. The highest BCUT2D eigenvalue weighted by Crippen LogP contribution is 2.48. The van der Waals surface area contributed by atoms with Crippen LogP contribution in [-0.2, 0) is 14.4 Å². The lowest BCUT2D eigenvalue weighted by atomic mass is 9.81. The number of carbonyl (C=O) groups is 3. The molecule has 0 spiro atoms. The van der Waals surface area contributed by atoms with Crippen LogP contribution in [0.1, 0.15) is 25.7 Å². The summed E-state index contributed by atoms with van der Waals surface area (Å²) < 4.78 is 5.36. The number of nitrogens with two attached hydrogens (primary N) is 1. The van der Waals surface area contributed by atoms with Gasteiger partial charge in [-0.05, 0) is 30.9 Å². The Hall–Kier alpha value is -2.61.